The first-order valence-electron chi connectivity index (χ1n) is 10.5. The van der Waals surface area contributed by atoms with E-state index >= 15 is 0 Å². The van der Waals surface area contributed by atoms with Crippen molar-refractivity contribution in [1.82, 2.24) is 14.8 Å². The van der Waals surface area contributed by atoms with E-state index in [1.807, 2.05) is 4.90 Å². The molecule has 1 saturated heterocycles. The van der Waals surface area contributed by atoms with Gasteiger partial charge in [-0.3, -0.25) is 14.7 Å². The second-order valence-corrected chi connectivity index (χ2v) is 7.78. The van der Waals surface area contributed by atoms with E-state index in [-0.39, 0.29) is 18.0 Å². The Hall–Kier alpha value is -3.18. The van der Waals surface area contributed by atoms with Gasteiger partial charge in [0.1, 0.15) is 0 Å². The molecule has 3 aromatic rings. The third-order valence-corrected chi connectivity index (χ3v) is 5.86. The van der Waals surface area contributed by atoms with Crippen molar-refractivity contribution < 1.29 is 4.79 Å². The predicted molar refractivity (Wildman–Crippen MR) is 120 cm³/mol. The number of amides is 1. The average molecular weight is 401 g/mol. The summed E-state index contributed by atoms with van der Waals surface area (Å²) in [6.45, 7) is 4.38. The molecule has 1 fully saturated rings. The Morgan fingerprint density at radius 2 is 1.67 bits per heavy atom. The first kappa shape index (κ1) is 20.1. The van der Waals surface area contributed by atoms with Crippen LogP contribution in [0, 0.1) is 0 Å². The van der Waals surface area contributed by atoms with Crippen LogP contribution >= 0.6 is 0 Å². The SMILES string of the molecule is CCC1CN(C(=O)c2cncc(N)c2)CCN1C(c1ccccc1)c1ccccc1. The first-order chi connectivity index (χ1) is 14.7. The molecule has 1 aliphatic heterocycles. The Morgan fingerprint density at radius 3 is 2.23 bits per heavy atom. The van der Waals surface area contributed by atoms with Crippen molar-refractivity contribution in [3.05, 3.63) is 95.8 Å². The van der Waals surface area contributed by atoms with Gasteiger partial charge in [-0.25, -0.2) is 0 Å². The summed E-state index contributed by atoms with van der Waals surface area (Å²) in [4.78, 5) is 21.6. The molecule has 154 valence electrons. The lowest BCUT2D eigenvalue weighted by molar-refractivity contribution is 0.0374. The van der Waals surface area contributed by atoms with E-state index in [1.54, 1.807) is 18.5 Å². The fourth-order valence-corrected chi connectivity index (χ4v) is 4.36. The normalized spacial score (nSPS) is 17.3. The van der Waals surface area contributed by atoms with E-state index in [0.717, 1.165) is 13.0 Å². The van der Waals surface area contributed by atoms with Crippen molar-refractivity contribution >= 4 is 11.6 Å². The van der Waals surface area contributed by atoms with Crippen LogP contribution in [0.25, 0.3) is 0 Å². The number of rotatable bonds is 5. The van der Waals surface area contributed by atoms with Crippen LogP contribution in [-0.4, -0.2) is 46.4 Å². The minimum absolute atomic E-state index is 0.00359. The number of nitrogen functional groups attached to an aromatic ring is 1. The molecule has 30 heavy (non-hydrogen) atoms. The van der Waals surface area contributed by atoms with Gasteiger partial charge in [0.15, 0.2) is 0 Å². The first-order valence-corrected chi connectivity index (χ1v) is 10.5. The molecular formula is C25H28N4O. The fraction of sp³-hybridized carbons (Fsp3) is 0.280. The second-order valence-electron chi connectivity index (χ2n) is 7.78. The molecule has 0 saturated carbocycles. The van der Waals surface area contributed by atoms with Crippen molar-refractivity contribution in [2.75, 3.05) is 25.4 Å². The molecule has 1 unspecified atom stereocenters. The summed E-state index contributed by atoms with van der Waals surface area (Å²) in [5.74, 6) is 0.00359. The number of carbonyl (C=O) groups excluding carboxylic acids is 1. The predicted octanol–water partition coefficient (Wildman–Crippen LogP) is 3.99. The van der Waals surface area contributed by atoms with E-state index in [9.17, 15) is 4.79 Å². The summed E-state index contributed by atoms with van der Waals surface area (Å²) in [6.07, 6.45) is 4.13. The van der Waals surface area contributed by atoms with Gasteiger partial charge in [-0.15, -0.1) is 0 Å². The molecule has 0 spiro atoms. The zero-order chi connectivity index (χ0) is 20.9. The van der Waals surface area contributed by atoms with Gasteiger partial charge in [0.05, 0.1) is 17.3 Å². The summed E-state index contributed by atoms with van der Waals surface area (Å²) in [5, 5.41) is 0. The maximum atomic E-state index is 13.0. The average Bonchev–Trinajstić information content (AvgIpc) is 2.80. The summed E-state index contributed by atoms with van der Waals surface area (Å²) >= 11 is 0. The van der Waals surface area contributed by atoms with Gasteiger partial charge in [-0.05, 0) is 23.6 Å². The Balaban J connectivity index is 1.60. The quantitative estimate of drug-likeness (QED) is 0.703. The van der Waals surface area contributed by atoms with Crippen LogP contribution in [-0.2, 0) is 0 Å². The van der Waals surface area contributed by atoms with Crippen LogP contribution in [0.1, 0.15) is 40.9 Å². The number of nitrogens with two attached hydrogens (primary N) is 1. The van der Waals surface area contributed by atoms with Crippen molar-refractivity contribution in [2.24, 2.45) is 0 Å². The summed E-state index contributed by atoms with van der Waals surface area (Å²) in [7, 11) is 0. The number of anilines is 1. The standard InChI is InChI=1S/C25H28N4O/c1-2-23-18-28(25(30)21-15-22(26)17-27-16-21)13-14-29(23)24(19-9-5-3-6-10-19)20-11-7-4-8-12-20/h3-12,15-17,23-24H,2,13-14,18,26H2,1H3. The van der Waals surface area contributed by atoms with Gasteiger partial charge in [-0.1, -0.05) is 67.6 Å². The highest BCUT2D eigenvalue weighted by Crippen LogP contribution is 2.33. The smallest absolute Gasteiger partial charge is 0.255 e. The van der Waals surface area contributed by atoms with E-state index in [1.165, 1.54) is 11.1 Å². The van der Waals surface area contributed by atoms with Crippen LogP contribution in [0.15, 0.2) is 79.1 Å². The largest absolute Gasteiger partial charge is 0.397 e. The monoisotopic (exact) mass is 400 g/mol. The highest BCUT2D eigenvalue weighted by molar-refractivity contribution is 5.94. The number of carbonyl (C=O) groups is 1. The molecule has 2 N–H and O–H groups in total. The Kier molecular flexibility index (Phi) is 6.10. The maximum Gasteiger partial charge on any atom is 0.255 e. The fourth-order valence-electron chi connectivity index (χ4n) is 4.36. The molecule has 1 aliphatic rings. The van der Waals surface area contributed by atoms with E-state index in [0.29, 0.717) is 24.3 Å². The zero-order valence-electron chi connectivity index (χ0n) is 17.3. The van der Waals surface area contributed by atoms with E-state index in [2.05, 4.69) is 77.5 Å². The van der Waals surface area contributed by atoms with Gasteiger partial charge in [0.2, 0.25) is 0 Å². The highest BCUT2D eigenvalue weighted by atomic mass is 16.2. The van der Waals surface area contributed by atoms with Gasteiger partial charge < -0.3 is 10.6 Å². The Morgan fingerprint density at radius 1 is 1.03 bits per heavy atom. The van der Waals surface area contributed by atoms with Crippen molar-refractivity contribution in [3.63, 3.8) is 0 Å². The number of benzene rings is 2. The maximum absolute atomic E-state index is 13.0. The van der Waals surface area contributed by atoms with Crippen LogP contribution in [0.5, 0.6) is 0 Å². The lowest BCUT2D eigenvalue weighted by atomic mass is 9.93. The topological polar surface area (TPSA) is 62.5 Å². The molecule has 1 amide bonds. The molecule has 1 aromatic heterocycles. The lowest BCUT2D eigenvalue weighted by Gasteiger charge is -2.45. The zero-order valence-corrected chi connectivity index (χ0v) is 17.3. The Labute approximate surface area is 178 Å². The molecule has 0 bridgehead atoms. The van der Waals surface area contributed by atoms with Crippen molar-refractivity contribution in [2.45, 2.75) is 25.4 Å². The summed E-state index contributed by atoms with van der Waals surface area (Å²) in [5.41, 5.74) is 9.46. The number of aromatic nitrogens is 1. The minimum Gasteiger partial charge on any atom is -0.397 e. The van der Waals surface area contributed by atoms with Gasteiger partial charge in [0.25, 0.3) is 5.91 Å². The third-order valence-electron chi connectivity index (χ3n) is 5.86. The highest BCUT2D eigenvalue weighted by Gasteiger charge is 2.34. The van der Waals surface area contributed by atoms with Crippen molar-refractivity contribution in [3.8, 4) is 0 Å². The molecule has 5 heteroatoms. The van der Waals surface area contributed by atoms with Gasteiger partial charge >= 0.3 is 0 Å². The molecular weight excluding hydrogens is 372 g/mol. The molecule has 0 aliphatic carbocycles. The van der Waals surface area contributed by atoms with Crippen LogP contribution in [0.4, 0.5) is 5.69 Å². The lowest BCUT2D eigenvalue weighted by Crippen LogP contribution is -2.55. The minimum atomic E-state index is 0.00359. The number of hydrogen-bond acceptors (Lipinski definition) is 4. The van der Waals surface area contributed by atoms with E-state index in [4.69, 9.17) is 5.73 Å². The Bertz CT molecular complexity index is 937. The van der Waals surface area contributed by atoms with Gasteiger partial charge in [0, 0.05) is 38.1 Å². The van der Waals surface area contributed by atoms with Gasteiger partial charge in [-0.2, -0.15) is 0 Å². The van der Waals surface area contributed by atoms with Crippen LogP contribution in [0.2, 0.25) is 0 Å². The molecule has 0 radical (unpaired) electrons. The second kappa shape index (κ2) is 9.09. The number of pyridine rings is 1. The number of hydrogen-bond donors (Lipinski definition) is 1. The molecule has 2 aromatic carbocycles. The molecule has 5 nitrogen and oxygen atoms in total. The third kappa shape index (κ3) is 4.21. The number of nitrogens with zero attached hydrogens (tertiary/aromatic N) is 3. The number of piperazine rings is 1. The van der Waals surface area contributed by atoms with Crippen molar-refractivity contribution in [1.29, 1.82) is 0 Å². The molecule has 1 atom stereocenters. The van der Waals surface area contributed by atoms with Crippen LogP contribution < -0.4 is 5.73 Å². The molecule has 4 rings (SSSR count). The summed E-state index contributed by atoms with van der Waals surface area (Å²) < 4.78 is 0. The van der Waals surface area contributed by atoms with Crippen LogP contribution in [0.3, 0.4) is 0 Å². The molecule has 2 heterocycles. The summed E-state index contributed by atoms with van der Waals surface area (Å²) in [6, 6.07) is 23.4. The van der Waals surface area contributed by atoms with E-state index < -0.39 is 0 Å².